The van der Waals surface area contributed by atoms with E-state index in [1.54, 1.807) is 29.5 Å². The Labute approximate surface area is 221 Å². The van der Waals surface area contributed by atoms with Gasteiger partial charge in [-0.25, -0.2) is 4.39 Å². The number of nitrogens with zero attached hydrogens (tertiary/aromatic N) is 2. The number of halogens is 1. The number of benzene rings is 2. The van der Waals surface area contributed by atoms with Crippen LogP contribution in [-0.2, 0) is 11.2 Å². The Morgan fingerprint density at radius 1 is 1.24 bits per heavy atom. The van der Waals surface area contributed by atoms with Crippen molar-refractivity contribution in [2.24, 2.45) is 0 Å². The summed E-state index contributed by atoms with van der Waals surface area (Å²) in [5.41, 5.74) is 2.09. The summed E-state index contributed by atoms with van der Waals surface area (Å²) in [6, 6.07) is 15.4. The van der Waals surface area contributed by atoms with Crippen molar-refractivity contribution in [3.63, 3.8) is 0 Å². The van der Waals surface area contributed by atoms with E-state index in [0.29, 0.717) is 18.8 Å². The molecule has 0 fully saturated rings. The van der Waals surface area contributed by atoms with E-state index in [-0.39, 0.29) is 44.1 Å². The molecule has 2 aromatic carbocycles. The summed E-state index contributed by atoms with van der Waals surface area (Å²) in [6.07, 6.45) is 1.75. The lowest BCUT2D eigenvalue weighted by Crippen LogP contribution is -2.48. The van der Waals surface area contributed by atoms with Gasteiger partial charge in [-0.15, -0.1) is 17.9 Å². The van der Waals surface area contributed by atoms with Gasteiger partial charge in [-0.3, -0.25) is 9.69 Å². The highest BCUT2D eigenvalue weighted by Gasteiger charge is 2.33. The summed E-state index contributed by atoms with van der Waals surface area (Å²) in [5.74, 6) is 0.923. The number of fused-ring (bicyclic) bond motifs is 1. The van der Waals surface area contributed by atoms with Crippen LogP contribution in [0, 0.1) is 12.7 Å². The van der Waals surface area contributed by atoms with Crippen LogP contribution in [0.3, 0.4) is 0 Å². The summed E-state index contributed by atoms with van der Waals surface area (Å²) in [4.78, 5) is 18.5. The standard InChI is InChI=1S/C29H33FN2O4S/c1-3-14-31(17-23(33)19-36-27-7-5-4-6-21(27)2)18-29(34)32-15-12-28-25(13-16-37-28)26(32)20-35-24-10-8-22(30)9-11-24/h3-11,13,16,23,26,33H,1,12,14-15,17-20H2,2H3/t23-,26-/m0/s1. The zero-order chi connectivity index (χ0) is 26.2. The third kappa shape index (κ3) is 7.19. The molecule has 0 aliphatic carbocycles. The number of para-hydroxylation sites is 1. The van der Waals surface area contributed by atoms with E-state index in [4.69, 9.17) is 9.47 Å². The molecule has 196 valence electrons. The molecule has 0 unspecified atom stereocenters. The number of rotatable bonds is 12. The predicted octanol–water partition coefficient (Wildman–Crippen LogP) is 4.63. The Morgan fingerprint density at radius 3 is 2.78 bits per heavy atom. The number of hydrogen-bond acceptors (Lipinski definition) is 6. The van der Waals surface area contributed by atoms with Crippen molar-refractivity contribution in [2.75, 3.05) is 39.4 Å². The second-order valence-corrected chi connectivity index (χ2v) is 10.1. The second-order valence-electron chi connectivity index (χ2n) is 9.13. The largest absolute Gasteiger partial charge is 0.491 e. The highest BCUT2D eigenvalue weighted by Crippen LogP contribution is 2.34. The van der Waals surface area contributed by atoms with Gasteiger partial charge >= 0.3 is 0 Å². The van der Waals surface area contributed by atoms with Crippen molar-refractivity contribution in [3.8, 4) is 11.5 Å². The van der Waals surface area contributed by atoms with E-state index in [0.717, 1.165) is 23.3 Å². The Hall–Kier alpha value is -3.20. The molecule has 0 saturated heterocycles. The average molecular weight is 525 g/mol. The molecule has 4 rings (SSSR count). The van der Waals surface area contributed by atoms with Crippen LogP contribution < -0.4 is 9.47 Å². The van der Waals surface area contributed by atoms with Crippen LogP contribution >= 0.6 is 11.3 Å². The van der Waals surface area contributed by atoms with Crippen LogP contribution in [0.15, 0.2) is 72.6 Å². The topological polar surface area (TPSA) is 62.2 Å². The molecule has 3 aromatic rings. The number of amides is 1. The monoisotopic (exact) mass is 524 g/mol. The van der Waals surface area contributed by atoms with Gasteiger partial charge in [0.2, 0.25) is 5.91 Å². The van der Waals surface area contributed by atoms with Gasteiger partial charge in [-0.1, -0.05) is 24.3 Å². The first-order valence-corrected chi connectivity index (χ1v) is 13.3. The Balaban J connectivity index is 1.39. The minimum Gasteiger partial charge on any atom is -0.491 e. The molecule has 1 amide bonds. The molecule has 1 aliphatic heterocycles. The molecule has 2 heterocycles. The number of aryl methyl sites for hydroxylation is 1. The number of ether oxygens (including phenoxy) is 2. The maximum Gasteiger partial charge on any atom is 0.237 e. The molecule has 0 bridgehead atoms. The molecule has 6 nitrogen and oxygen atoms in total. The number of aliphatic hydroxyl groups excluding tert-OH is 1. The first-order chi connectivity index (χ1) is 17.9. The van der Waals surface area contributed by atoms with Crippen LogP contribution in [0.25, 0.3) is 0 Å². The quantitative estimate of drug-likeness (QED) is 0.350. The van der Waals surface area contributed by atoms with Crippen molar-refractivity contribution in [1.29, 1.82) is 0 Å². The Bertz CT molecular complexity index is 1180. The summed E-state index contributed by atoms with van der Waals surface area (Å²) >= 11 is 1.69. The van der Waals surface area contributed by atoms with Crippen LogP contribution in [0.1, 0.15) is 22.0 Å². The highest BCUT2D eigenvalue weighted by atomic mass is 32.1. The number of hydrogen-bond donors (Lipinski definition) is 1. The lowest BCUT2D eigenvalue weighted by atomic mass is 10.0. The fourth-order valence-electron chi connectivity index (χ4n) is 4.50. The number of aliphatic hydroxyl groups is 1. The first kappa shape index (κ1) is 26.9. The normalized spacial score (nSPS) is 15.8. The fraction of sp³-hybridized carbons (Fsp3) is 0.345. The Kier molecular flexibility index (Phi) is 9.33. The third-order valence-corrected chi connectivity index (χ3v) is 7.37. The molecule has 2 atom stereocenters. The lowest BCUT2D eigenvalue weighted by molar-refractivity contribution is -0.136. The van der Waals surface area contributed by atoms with Crippen molar-refractivity contribution < 1.29 is 23.8 Å². The van der Waals surface area contributed by atoms with Crippen molar-refractivity contribution in [2.45, 2.75) is 25.5 Å². The third-order valence-electron chi connectivity index (χ3n) is 6.38. The Morgan fingerprint density at radius 2 is 2.03 bits per heavy atom. The van der Waals surface area contributed by atoms with Gasteiger partial charge in [0.05, 0.1) is 12.6 Å². The van der Waals surface area contributed by atoms with Crippen molar-refractivity contribution in [3.05, 3.63) is 94.5 Å². The molecule has 0 radical (unpaired) electrons. The van der Waals surface area contributed by atoms with E-state index in [2.05, 4.69) is 6.58 Å². The maximum absolute atomic E-state index is 13.5. The van der Waals surface area contributed by atoms with Crippen molar-refractivity contribution in [1.82, 2.24) is 9.80 Å². The van der Waals surface area contributed by atoms with Crippen LogP contribution in [0.4, 0.5) is 4.39 Å². The molecule has 8 heteroatoms. The van der Waals surface area contributed by atoms with E-state index >= 15 is 0 Å². The zero-order valence-electron chi connectivity index (χ0n) is 21.0. The lowest BCUT2D eigenvalue weighted by Gasteiger charge is -2.37. The SMILES string of the molecule is C=CCN(CC(=O)N1CCc2sccc2[C@@H]1COc1ccc(F)cc1)C[C@H](O)COc1ccccc1C. The zero-order valence-corrected chi connectivity index (χ0v) is 21.8. The van der Waals surface area contributed by atoms with Gasteiger partial charge in [-0.05, 0) is 66.2 Å². The van der Waals surface area contributed by atoms with Gasteiger partial charge < -0.3 is 19.5 Å². The maximum atomic E-state index is 13.5. The minimum atomic E-state index is -0.769. The smallest absolute Gasteiger partial charge is 0.237 e. The van der Waals surface area contributed by atoms with E-state index in [9.17, 15) is 14.3 Å². The molecule has 0 saturated carbocycles. The van der Waals surface area contributed by atoms with E-state index < -0.39 is 6.10 Å². The number of thiophene rings is 1. The summed E-state index contributed by atoms with van der Waals surface area (Å²) in [7, 11) is 0. The molecule has 1 aliphatic rings. The van der Waals surface area contributed by atoms with Gasteiger partial charge in [0.15, 0.2) is 0 Å². The highest BCUT2D eigenvalue weighted by molar-refractivity contribution is 7.10. The molecule has 37 heavy (non-hydrogen) atoms. The molecule has 0 spiro atoms. The minimum absolute atomic E-state index is 0.0431. The van der Waals surface area contributed by atoms with Crippen LogP contribution in [0.2, 0.25) is 0 Å². The molecule has 1 N–H and O–H groups in total. The number of carbonyl (C=O) groups is 1. The molecular formula is C29H33FN2O4S. The van der Waals surface area contributed by atoms with Crippen LogP contribution in [0.5, 0.6) is 11.5 Å². The van der Waals surface area contributed by atoms with Crippen LogP contribution in [-0.4, -0.2) is 66.3 Å². The fourth-order valence-corrected chi connectivity index (χ4v) is 5.43. The predicted molar refractivity (Wildman–Crippen MR) is 144 cm³/mol. The van der Waals surface area contributed by atoms with Gasteiger partial charge in [-0.2, -0.15) is 0 Å². The van der Waals surface area contributed by atoms with Gasteiger partial charge in [0, 0.05) is 24.5 Å². The van der Waals surface area contributed by atoms with E-state index in [1.165, 1.54) is 17.0 Å². The van der Waals surface area contributed by atoms with Crippen molar-refractivity contribution >= 4 is 17.2 Å². The second kappa shape index (κ2) is 12.9. The van der Waals surface area contributed by atoms with E-state index in [1.807, 2.05) is 52.4 Å². The first-order valence-electron chi connectivity index (χ1n) is 12.4. The van der Waals surface area contributed by atoms with Gasteiger partial charge in [0.25, 0.3) is 0 Å². The summed E-state index contributed by atoms with van der Waals surface area (Å²) in [6.45, 7) is 7.63. The summed E-state index contributed by atoms with van der Waals surface area (Å²) in [5, 5.41) is 12.7. The number of carbonyl (C=O) groups excluding carboxylic acids is 1. The molecule has 1 aromatic heterocycles. The van der Waals surface area contributed by atoms with Gasteiger partial charge in [0.1, 0.15) is 36.6 Å². The summed E-state index contributed by atoms with van der Waals surface area (Å²) < 4.78 is 25.0. The molecular weight excluding hydrogens is 491 g/mol. The average Bonchev–Trinajstić information content (AvgIpc) is 3.37.